The lowest BCUT2D eigenvalue weighted by Gasteiger charge is -2.08. The van der Waals surface area contributed by atoms with Crippen LogP contribution in [0.25, 0.3) is 0 Å². The number of nitrogens with zero attached hydrogens (tertiary/aromatic N) is 1. The topological polar surface area (TPSA) is 46.2 Å². The first-order valence-corrected chi connectivity index (χ1v) is 3.96. The van der Waals surface area contributed by atoms with Crippen LogP contribution in [0.2, 0.25) is 0 Å². The van der Waals surface area contributed by atoms with Crippen LogP contribution in [-0.2, 0) is 4.74 Å². The number of hydrogen-bond acceptors (Lipinski definition) is 3. The number of furan rings is 1. The molecule has 0 radical (unpaired) electrons. The summed E-state index contributed by atoms with van der Waals surface area (Å²) in [4.78, 5) is 0. The van der Waals surface area contributed by atoms with E-state index in [2.05, 4.69) is 6.07 Å². The minimum Gasteiger partial charge on any atom is -0.467 e. The van der Waals surface area contributed by atoms with Crippen LogP contribution in [0, 0.1) is 17.2 Å². The second-order valence-electron chi connectivity index (χ2n) is 2.83. The zero-order valence-electron chi connectivity index (χ0n) is 6.56. The van der Waals surface area contributed by atoms with Crippen LogP contribution >= 0.6 is 0 Å². The van der Waals surface area contributed by atoms with E-state index in [1.807, 2.05) is 12.1 Å². The van der Waals surface area contributed by atoms with Crippen molar-refractivity contribution in [1.29, 1.82) is 5.26 Å². The zero-order chi connectivity index (χ0) is 8.39. The van der Waals surface area contributed by atoms with Crippen molar-refractivity contribution >= 4 is 0 Å². The second kappa shape index (κ2) is 3.00. The van der Waals surface area contributed by atoms with Crippen molar-refractivity contribution in [3.05, 3.63) is 24.2 Å². The Morgan fingerprint density at radius 2 is 2.50 bits per heavy atom. The third-order valence-electron chi connectivity index (χ3n) is 2.08. The molecule has 2 atom stereocenters. The van der Waals surface area contributed by atoms with Crippen molar-refractivity contribution in [2.24, 2.45) is 5.92 Å². The highest BCUT2D eigenvalue weighted by Crippen LogP contribution is 2.33. The Bertz CT molecular complexity index is 286. The molecule has 0 saturated carbocycles. The standard InChI is InChI=1S/C9H9NO2/c10-6-7-3-5-12-9(7)8-2-1-4-11-8/h1-2,4,7,9H,3,5H2. The summed E-state index contributed by atoms with van der Waals surface area (Å²) >= 11 is 0. The Labute approximate surface area is 70.6 Å². The average molecular weight is 163 g/mol. The predicted octanol–water partition coefficient (Wildman–Crippen LogP) is 1.88. The minimum atomic E-state index is -0.148. The predicted molar refractivity (Wildman–Crippen MR) is 41.1 cm³/mol. The van der Waals surface area contributed by atoms with Crippen LogP contribution in [0.1, 0.15) is 18.3 Å². The fourth-order valence-electron chi connectivity index (χ4n) is 1.46. The molecule has 0 N–H and O–H groups in total. The van der Waals surface area contributed by atoms with E-state index in [1.165, 1.54) is 0 Å². The van der Waals surface area contributed by atoms with Crippen LogP contribution in [-0.4, -0.2) is 6.61 Å². The molecule has 1 aromatic rings. The van der Waals surface area contributed by atoms with Crippen LogP contribution in [0.5, 0.6) is 0 Å². The molecule has 3 nitrogen and oxygen atoms in total. The summed E-state index contributed by atoms with van der Waals surface area (Å²) in [6.45, 7) is 0.656. The smallest absolute Gasteiger partial charge is 0.133 e. The molecular formula is C9H9NO2. The summed E-state index contributed by atoms with van der Waals surface area (Å²) in [5.74, 6) is 0.718. The largest absolute Gasteiger partial charge is 0.467 e. The summed E-state index contributed by atoms with van der Waals surface area (Å²) < 4.78 is 10.6. The third kappa shape index (κ3) is 1.10. The summed E-state index contributed by atoms with van der Waals surface area (Å²) in [6, 6.07) is 5.88. The van der Waals surface area contributed by atoms with Crippen molar-refractivity contribution in [3.63, 3.8) is 0 Å². The van der Waals surface area contributed by atoms with Gasteiger partial charge in [0.1, 0.15) is 11.9 Å². The van der Waals surface area contributed by atoms with Crippen LogP contribution < -0.4 is 0 Å². The lowest BCUT2D eigenvalue weighted by molar-refractivity contribution is 0.0822. The molecule has 1 fully saturated rings. The molecule has 2 rings (SSSR count). The first-order valence-electron chi connectivity index (χ1n) is 3.96. The molecule has 0 aliphatic carbocycles. The van der Waals surface area contributed by atoms with E-state index in [0.717, 1.165) is 12.2 Å². The highest BCUT2D eigenvalue weighted by Gasteiger charge is 2.31. The number of nitriles is 1. The highest BCUT2D eigenvalue weighted by atomic mass is 16.5. The van der Waals surface area contributed by atoms with Crippen molar-refractivity contribution in [2.45, 2.75) is 12.5 Å². The van der Waals surface area contributed by atoms with E-state index >= 15 is 0 Å². The van der Waals surface area contributed by atoms with E-state index in [0.29, 0.717) is 6.61 Å². The van der Waals surface area contributed by atoms with Gasteiger partial charge in [0.25, 0.3) is 0 Å². The molecule has 0 amide bonds. The van der Waals surface area contributed by atoms with Gasteiger partial charge in [-0.2, -0.15) is 5.26 Å². The van der Waals surface area contributed by atoms with Crippen molar-refractivity contribution < 1.29 is 9.15 Å². The number of hydrogen-bond donors (Lipinski definition) is 0. The second-order valence-corrected chi connectivity index (χ2v) is 2.83. The Morgan fingerprint density at radius 3 is 3.17 bits per heavy atom. The van der Waals surface area contributed by atoms with E-state index in [1.54, 1.807) is 6.26 Å². The van der Waals surface area contributed by atoms with Crippen LogP contribution in [0.15, 0.2) is 22.8 Å². The molecule has 1 aliphatic rings. The third-order valence-corrected chi connectivity index (χ3v) is 2.08. The van der Waals surface area contributed by atoms with Crippen molar-refractivity contribution in [3.8, 4) is 6.07 Å². The van der Waals surface area contributed by atoms with Gasteiger partial charge >= 0.3 is 0 Å². The highest BCUT2D eigenvalue weighted by molar-refractivity contribution is 5.09. The summed E-state index contributed by atoms with van der Waals surface area (Å²) in [6.07, 6.45) is 2.26. The summed E-state index contributed by atoms with van der Waals surface area (Å²) in [5, 5.41) is 8.76. The molecule has 2 unspecified atom stereocenters. The normalized spacial score (nSPS) is 28.6. The molecule has 12 heavy (non-hydrogen) atoms. The van der Waals surface area contributed by atoms with Gasteiger partial charge in [-0.25, -0.2) is 0 Å². The fraction of sp³-hybridized carbons (Fsp3) is 0.444. The quantitative estimate of drug-likeness (QED) is 0.635. The van der Waals surface area contributed by atoms with Gasteiger partial charge in [0.15, 0.2) is 0 Å². The van der Waals surface area contributed by atoms with Gasteiger partial charge in [0, 0.05) is 6.61 Å². The van der Waals surface area contributed by atoms with Gasteiger partial charge in [-0.05, 0) is 18.6 Å². The first-order chi connectivity index (χ1) is 5.92. The molecular weight excluding hydrogens is 154 g/mol. The monoisotopic (exact) mass is 163 g/mol. The molecule has 0 spiro atoms. The fourth-order valence-corrected chi connectivity index (χ4v) is 1.46. The number of rotatable bonds is 1. The van der Waals surface area contributed by atoms with Gasteiger partial charge in [0.2, 0.25) is 0 Å². The van der Waals surface area contributed by atoms with Gasteiger partial charge in [-0.15, -0.1) is 0 Å². The molecule has 1 saturated heterocycles. The van der Waals surface area contributed by atoms with Gasteiger partial charge in [-0.1, -0.05) is 0 Å². The number of ether oxygens (including phenoxy) is 1. The minimum absolute atomic E-state index is 0.0452. The Hall–Kier alpha value is -1.27. The zero-order valence-corrected chi connectivity index (χ0v) is 6.56. The molecule has 3 heteroatoms. The van der Waals surface area contributed by atoms with Gasteiger partial charge in [0.05, 0.1) is 18.3 Å². The summed E-state index contributed by atoms with van der Waals surface area (Å²) in [5.41, 5.74) is 0. The molecule has 1 aromatic heterocycles. The SMILES string of the molecule is N#CC1CCOC1c1ccco1. The van der Waals surface area contributed by atoms with Crippen molar-refractivity contribution in [1.82, 2.24) is 0 Å². The van der Waals surface area contributed by atoms with E-state index in [-0.39, 0.29) is 12.0 Å². The lowest BCUT2D eigenvalue weighted by atomic mass is 10.0. The molecule has 0 bridgehead atoms. The Balaban J connectivity index is 2.20. The molecule has 1 aliphatic heterocycles. The van der Waals surface area contributed by atoms with E-state index < -0.39 is 0 Å². The maximum absolute atomic E-state index is 8.76. The van der Waals surface area contributed by atoms with Crippen LogP contribution in [0.3, 0.4) is 0 Å². The average Bonchev–Trinajstić information content (AvgIpc) is 2.74. The molecule has 2 heterocycles. The first kappa shape index (κ1) is 7.38. The Kier molecular flexibility index (Phi) is 1.84. The maximum atomic E-state index is 8.76. The van der Waals surface area contributed by atoms with Crippen LogP contribution in [0.4, 0.5) is 0 Å². The van der Waals surface area contributed by atoms with E-state index in [4.69, 9.17) is 14.4 Å². The van der Waals surface area contributed by atoms with E-state index in [9.17, 15) is 0 Å². The summed E-state index contributed by atoms with van der Waals surface area (Å²) in [7, 11) is 0. The molecule has 0 aromatic carbocycles. The van der Waals surface area contributed by atoms with Gasteiger partial charge in [-0.3, -0.25) is 0 Å². The lowest BCUT2D eigenvalue weighted by Crippen LogP contribution is -2.03. The molecule has 62 valence electrons. The van der Waals surface area contributed by atoms with Gasteiger partial charge < -0.3 is 9.15 Å². The van der Waals surface area contributed by atoms with Crippen molar-refractivity contribution in [2.75, 3.05) is 6.61 Å². The maximum Gasteiger partial charge on any atom is 0.133 e. The Morgan fingerprint density at radius 1 is 1.58 bits per heavy atom.